The van der Waals surface area contributed by atoms with Crippen LogP contribution in [0.2, 0.25) is 0 Å². The number of fused-ring (bicyclic) bond motifs is 1. The summed E-state index contributed by atoms with van der Waals surface area (Å²) in [4.78, 5) is 15.3. The number of benzene rings is 1. The third-order valence-corrected chi connectivity index (χ3v) is 3.01. The van der Waals surface area contributed by atoms with Crippen LogP contribution in [0.4, 0.5) is 0 Å². The van der Waals surface area contributed by atoms with E-state index in [0.717, 1.165) is 28.8 Å². The van der Waals surface area contributed by atoms with Crippen molar-refractivity contribution >= 4 is 18.1 Å². The molecule has 0 aliphatic carbocycles. The molecule has 1 aromatic carbocycles. The van der Waals surface area contributed by atoms with Crippen LogP contribution in [0.15, 0.2) is 48.7 Å². The largest absolute Gasteiger partial charge is 0.371 e. The zero-order chi connectivity index (χ0) is 12.4. The van der Waals surface area contributed by atoms with Crippen LogP contribution in [0, 0.1) is 0 Å². The maximum Gasteiger partial charge on any atom is 0.146 e. The van der Waals surface area contributed by atoms with Gasteiger partial charge in [0.25, 0.3) is 0 Å². The van der Waals surface area contributed by atoms with Crippen molar-refractivity contribution in [3.05, 3.63) is 65.5 Å². The Morgan fingerprint density at radius 3 is 2.72 bits per heavy atom. The van der Waals surface area contributed by atoms with E-state index >= 15 is 0 Å². The first-order chi connectivity index (χ1) is 8.88. The summed E-state index contributed by atoms with van der Waals surface area (Å²) in [5.41, 5.74) is 3.91. The number of hydrogen-bond donors (Lipinski definition) is 1. The van der Waals surface area contributed by atoms with Crippen molar-refractivity contribution in [2.75, 3.05) is 0 Å². The maximum atomic E-state index is 11.1. The number of hydrogen-bond acceptors (Lipinski definition) is 3. The lowest BCUT2D eigenvalue weighted by Crippen LogP contribution is -2.12. The molecule has 3 nitrogen and oxygen atoms in total. The molecule has 0 radical (unpaired) electrons. The van der Waals surface area contributed by atoms with Crippen LogP contribution in [-0.2, 0) is 4.79 Å². The van der Waals surface area contributed by atoms with E-state index in [9.17, 15) is 4.79 Å². The molecule has 3 rings (SSSR count). The van der Waals surface area contributed by atoms with Gasteiger partial charge in [-0.1, -0.05) is 30.3 Å². The van der Waals surface area contributed by atoms with Gasteiger partial charge in [-0.15, -0.1) is 0 Å². The van der Waals surface area contributed by atoms with Gasteiger partial charge in [0, 0.05) is 17.5 Å². The van der Waals surface area contributed by atoms with Gasteiger partial charge in [-0.25, -0.2) is 0 Å². The molecule has 1 aliphatic rings. The van der Waals surface area contributed by atoms with Crippen LogP contribution in [0.25, 0.3) is 11.8 Å². The quantitative estimate of drug-likeness (QED) is 0.814. The Balaban J connectivity index is 2.06. The van der Waals surface area contributed by atoms with Gasteiger partial charge >= 0.3 is 0 Å². The average molecular weight is 236 g/mol. The first-order valence-corrected chi connectivity index (χ1v) is 5.82. The molecule has 0 amide bonds. The van der Waals surface area contributed by atoms with Gasteiger partial charge in [0.2, 0.25) is 0 Å². The van der Waals surface area contributed by atoms with Gasteiger partial charge in [-0.05, 0) is 23.8 Å². The van der Waals surface area contributed by atoms with E-state index in [1.165, 1.54) is 0 Å². The second kappa shape index (κ2) is 4.45. The van der Waals surface area contributed by atoms with Crippen LogP contribution < -0.4 is 5.32 Å². The summed E-state index contributed by atoms with van der Waals surface area (Å²) in [6.07, 6.45) is 4.64. The van der Waals surface area contributed by atoms with Crippen molar-refractivity contribution in [1.29, 1.82) is 0 Å². The smallest absolute Gasteiger partial charge is 0.146 e. The van der Waals surface area contributed by atoms with Crippen LogP contribution in [0.5, 0.6) is 0 Å². The summed E-state index contributed by atoms with van der Waals surface area (Å²) < 4.78 is 0. The molecule has 1 atom stereocenters. The van der Waals surface area contributed by atoms with Gasteiger partial charge in [0.05, 0.1) is 5.69 Å². The molecule has 0 saturated carbocycles. The van der Waals surface area contributed by atoms with Crippen LogP contribution in [-0.4, -0.2) is 11.3 Å². The Labute approximate surface area is 105 Å². The highest BCUT2D eigenvalue weighted by atomic mass is 16.1. The minimum Gasteiger partial charge on any atom is -0.371 e. The Kier molecular flexibility index (Phi) is 2.65. The van der Waals surface area contributed by atoms with Gasteiger partial charge in [-0.2, -0.15) is 0 Å². The minimum atomic E-state index is -0.254. The summed E-state index contributed by atoms with van der Waals surface area (Å²) in [6, 6.07) is 13.4. The SMILES string of the molecule is O=CC1NC(=Cc2ccccn2)c2ccccc21. The number of rotatable bonds is 2. The van der Waals surface area contributed by atoms with E-state index < -0.39 is 0 Å². The normalized spacial score (nSPS) is 19.3. The summed E-state index contributed by atoms with van der Waals surface area (Å²) in [5.74, 6) is 0. The van der Waals surface area contributed by atoms with Gasteiger partial charge in [0.1, 0.15) is 12.3 Å². The van der Waals surface area contributed by atoms with Crippen LogP contribution in [0.3, 0.4) is 0 Å². The maximum absolute atomic E-state index is 11.1. The number of aromatic nitrogens is 1. The number of carbonyl (C=O) groups excluding carboxylic acids is 1. The van der Waals surface area contributed by atoms with Gasteiger partial charge in [-0.3, -0.25) is 4.98 Å². The van der Waals surface area contributed by atoms with Crippen molar-refractivity contribution < 1.29 is 4.79 Å². The summed E-state index contributed by atoms with van der Waals surface area (Å²) in [6.45, 7) is 0. The fourth-order valence-electron chi connectivity index (χ4n) is 2.17. The molecule has 1 unspecified atom stereocenters. The van der Waals surface area contributed by atoms with E-state index in [1.807, 2.05) is 48.5 Å². The molecule has 0 saturated heterocycles. The monoisotopic (exact) mass is 236 g/mol. The lowest BCUT2D eigenvalue weighted by Gasteiger charge is -2.03. The number of nitrogens with zero attached hydrogens (tertiary/aromatic N) is 1. The van der Waals surface area contributed by atoms with Crippen molar-refractivity contribution in [1.82, 2.24) is 10.3 Å². The zero-order valence-corrected chi connectivity index (χ0v) is 9.71. The van der Waals surface area contributed by atoms with E-state index in [1.54, 1.807) is 6.20 Å². The fraction of sp³-hybridized carbons (Fsp3) is 0.0667. The predicted octanol–water partition coefficient (Wildman–Crippen LogP) is 2.42. The molecule has 0 fully saturated rings. The van der Waals surface area contributed by atoms with Gasteiger partial charge in [0.15, 0.2) is 0 Å². The van der Waals surface area contributed by atoms with Crippen molar-refractivity contribution in [3.63, 3.8) is 0 Å². The number of carbonyl (C=O) groups is 1. The molecule has 3 heteroatoms. The molecule has 2 aromatic rings. The number of aldehydes is 1. The molecule has 2 heterocycles. The van der Waals surface area contributed by atoms with E-state index in [0.29, 0.717) is 0 Å². The first kappa shape index (κ1) is 10.7. The molecule has 88 valence electrons. The lowest BCUT2D eigenvalue weighted by atomic mass is 10.0. The molecule has 1 aliphatic heterocycles. The third-order valence-electron chi connectivity index (χ3n) is 3.01. The van der Waals surface area contributed by atoms with E-state index in [2.05, 4.69) is 10.3 Å². The van der Waals surface area contributed by atoms with Crippen LogP contribution >= 0.6 is 0 Å². The Morgan fingerprint density at radius 2 is 1.94 bits per heavy atom. The Hall–Kier alpha value is -2.42. The standard InChI is InChI=1S/C15H12N2O/c18-10-15-13-7-2-1-6-12(13)14(17-15)9-11-5-3-4-8-16-11/h1-10,15,17H. The van der Waals surface area contributed by atoms with E-state index in [-0.39, 0.29) is 6.04 Å². The molecular formula is C15H12N2O. The highest BCUT2D eigenvalue weighted by molar-refractivity contribution is 5.87. The first-order valence-electron chi connectivity index (χ1n) is 5.82. The summed E-state index contributed by atoms with van der Waals surface area (Å²) in [7, 11) is 0. The van der Waals surface area contributed by atoms with Crippen molar-refractivity contribution in [2.24, 2.45) is 0 Å². The predicted molar refractivity (Wildman–Crippen MR) is 70.5 cm³/mol. The number of pyridine rings is 1. The van der Waals surface area contributed by atoms with Crippen molar-refractivity contribution in [2.45, 2.75) is 6.04 Å². The van der Waals surface area contributed by atoms with Gasteiger partial charge < -0.3 is 10.1 Å². The lowest BCUT2D eigenvalue weighted by molar-refractivity contribution is -0.109. The molecule has 1 aromatic heterocycles. The summed E-state index contributed by atoms with van der Waals surface area (Å²) in [5, 5.41) is 3.21. The summed E-state index contributed by atoms with van der Waals surface area (Å²) >= 11 is 0. The van der Waals surface area contributed by atoms with Crippen LogP contribution in [0.1, 0.15) is 22.9 Å². The second-order valence-electron chi connectivity index (χ2n) is 4.16. The Morgan fingerprint density at radius 1 is 1.11 bits per heavy atom. The zero-order valence-electron chi connectivity index (χ0n) is 9.71. The molecule has 18 heavy (non-hydrogen) atoms. The minimum absolute atomic E-state index is 0.254. The third kappa shape index (κ3) is 1.80. The topological polar surface area (TPSA) is 42.0 Å². The van der Waals surface area contributed by atoms with E-state index in [4.69, 9.17) is 0 Å². The second-order valence-corrected chi connectivity index (χ2v) is 4.16. The fourth-order valence-corrected chi connectivity index (χ4v) is 2.17. The molecule has 1 N–H and O–H groups in total. The highest BCUT2D eigenvalue weighted by Gasteiger charge is 2.24. The molecule has 0 bridgehead atoms. The Bertz CT molecular complexity index is 605. The molecular weight excluding hydrogens is 224 g/mol. The number of nitrogens with one attached hydrogen (secondary N) is 1. The van der Waals surface area contributed by atoms with Crippen molar-refractivity contribution in [3.8, 4) is 0 Å². The average Bonchev–Trinajstić information content (AvgIpc) is 2.78. The highest BCUT2D eigenvalue weighted by Crippen LogP contribution is 2.31. The molecule has 0 spiro atoms.